The minimum atomic E-state index is -1.16. The summed E-state index contributed by atoms with van der Waals surface area (Å²) < 4.78 is 1.21. The molecule has 0 aromatic carbocycles. The van der Waals surface area contributed by atoms with Gasteiger partial charge in [0.1, 0.15) is 6.33 Å². The van der Waals surface area contributed by atoms with Crippen LogP contribution in [0, 0.1) is 0 Å². The highest BCUT2D eigenvalue weighted by Crippen LogP contribution is 2.24. The van der Waals surface area contributed by atoms with Gasteiger partial charge >= 0.3 is 12.0 Å². The number of carboxylic acids is 1. The highest BCUT2D eigenvalue weighted by molar-refractivity contribution is 5.94. The summed E-state index contributed by atoms with van der Waals surface area (Å²) in [5.74, 6) is -0.958. The maximum Gasteiger partial charge on any atom is 0.358 e. The molecule has 2 rings (SSSR count). The summed E-state index contributed by atoms with van der Waals surface area (Å²) in [4.78, 5) is 27.2. The van der Waals surface area contributed by atoms with E-state index in [0.717, 1.165) is 25.7 Å². The lowest BCUT2D eigenvalue weighted by molar-refractivity contribution is 0.0144. The minimum absolute atomic E-state index is 0.0656. The average Bonchev–Trinajstić information content (AvgIpc) is 2.87. The number of hydrogen-bond acceptors (Lipinski definition) is 5. The summed E-state index contributed by atoms with van der Waals surface area (Å²) in [6, 6.07) is -0.262. The van der Waals surface area contributed by atoms with E-state index in [9.17, 15) is 9.59 Å². The van der Waals surface area contributed by atoms with E-state index in [1.807, 2.05) is 6.92 Å². The van der Waals surface area contributed by atoms with Crippen molar-refractivity contribution in [2.45, 2.75) is 45.6 Å². The van der Waals surface area contributed by atoms with Crippen LogP contribution in [-0.4, -0.2) is 49.9 Å². The number of aromatic carboxylic acids is 1. The predicted molar refractivity (Wildman–Crippen MR) is 76.8 cm³/mol. The number of carboxylic acid groups (broad SMARTS) is 1. The first-order chi connectivity index (χ1) is 9.97. The number of carbonyl (C=O) groups is 2. The first-order valence-electron chi connectivity index (χ1n) is 7.11. The molecule has 0 spiro atoms. The number of anilines is 1. The summed E-state index contributed by atoms with van der Waals surface area (Å²) in [6.45, 7) is 4.13. The number of hydrazine groups is 2. The van der Waals surface area contributed by atoms with Gasteiger partial charge in [-0.3, -0.25) is 5.43 Å². The van der Waals surface area contributed by atoms with Crippen molar-refractivity contribution in [1.82, 2.24) is 19.7 Å². The molecule has 1 aromatic rings. The Hall–Kier alpha value is -2.09. The molecule has 1 unspecified atom stereocenters. The van der Waals surface area contributed by atoms with Crippen LogP contribution in [-0.2, 0) is 0 Å². The minimum Gasteiger partial charge on any atom is -0.476 e. The summed E-state index contributed by atoms with van der Waals surface area (Å²) in [5, 5.41) is 12.2. The molecule has 0 bridgehead atoms. The Balaban J connectivity index is 2.20. The van der Waals surface area contributed by atoms with Crippen molar-refractivity contribution >= 4 is 17.8 Å². The molecule has 0 aliphatic carbocycles. The Kier molecular flexibility index (Phi) is 4.46. The van der Waals surface area contributed by atoms with E-state index in [-0.39, 0.29) is 23.6 Å². The maximum absolute atomic E-state index is 12.3. The summed E-state index contributed by atoms with van der Waals surface area (Å²) >= 11 is 0. The number of hydrogen-bond donors (Lipinski definition) is 2. The molecule has 21 heavy (non-hydrogen) atoms. The fourth-order valence-electron chi connectivity index (χ4n) is 2.41. The Bertz CT molecular complexity index is 542. The second kappa shape index (κ2) is 6.13. The van der Waals surface area contributed by atoms with Gasteiger partial charge < -0.3 is 5.11 Å². The van der Waals surface area contributed by atoms with Crippen molar-refractivity contribution in [3.05, 3.63) is 12.0 Å². The van der Waals surface area contributed by atoms with Gasteiger partial charge in [0.15, 0.2) is 11.5 Å². The lowest BCUT2D eigenvalue weighted by Gasteiger charge is -2.40. The van der Waals surface area contributed by atoms with Crippen LogP contribution in [0.15, 0.2) is 6.33 Å². The zero-order chi connectivity index (χ0) is 15.6. The van der Waals surface area contributed by atoms with Gasteiger partial charge in [0, 0.05) is 13.1 Å². The average molecular weight is 295 g/mol. The van der Waals surface area contributed by atoms with Crippen molar-refractivity contribution in [2.75, 3.05) is 12.5 Å². The number of nitrogens with zero attached hydrogens (tertiary/aromatic N) is 4. The molecule has 0 fully saturated rings. The number of amides is 1. The maximum atomic E-state index is 12.3. The number of unbranched alkanes of at least 4 members (excludes halogenated alkanes) is 2. The molecule has 8 nitrogen and oxygen atoms in total. The Morgan fingerprint density at radius 3 is 2.81 bits per heavy atom. The summed E-state index contributed by atoms with van der Waals surface area (Å²) in [6.07, 6.45) is 5.46. The van der Waals surface area contributed by atoms with Gasteiger partial charge in [0.05, 0.1) is 0 Å². The van der Waals surface area contributed by atoms with E-state index < -0.39 is 5.97 Å². The number of carbonyl (C=O) groups excluding carboxylic acids is 1. The van der Waals surface area contributed by atoms with E-state index in [4.69, 9.17) is 5.11 Å². The summed E-state index contributed by atoms with van der Waals surface area (Å²) in [7, 11) is 1.65. The van der Waals surface area contributed by atoms with Crippen molar-refractivity contribution in [3.8, 4) is 0 Å². The van der Waals surface area contributed by atoms with Crippen molar-refractivity contribution in [1.29, 1.82) is 0 Å². The highest BCUT2D eigenvalue weighted by atomic mass is 16.4. The lowest BCUT2D eigenvalue weighted by Crippen LogP contribution is -2.56. The monoisotopic (exact) mass is 295 g/mol. The van der Waals surface area contributed by atoms with Crippen LogP contribution in [0.3, 0.4) is 0 Å². The van der Waals surface area contributed by atoms with Crippen LogP contribution >= 0.6 is 0 Å². The highest BCUT2D eigenvalue weighted by Gasteiger charge is 2.34. The second-order valence-corrected chi connectivity index (χ2v) is 5.22. The molecule has 1 aromatic heterocycles. The van der Waals surface area contributed by atoms with Crippen LogP contribution in [0.4, 0.5) is 10.6 Å². The smallest absolute Gasteiger partial charge is 0.358 e. The summed E-state index contributed by atoms with van der Waals surface area (Å²) in [5.41, 5.74) is 2.84. The molecule has 2 N–H and O–H groups in total. The van der Waals surface area contributed by atoms with Crippen molar-refractivity contribution in [2.24, 2.45) is 0 Å². The number of imidazole rings is 1. The second-order valence-electron chi connectivity index (χ2n) is 5.22. The van der Waals surface area contributed by atoms with Gasteiger partial charge in [-0.05, 0) is 13.3 Å². The van der Waals surface area contributed by atoms with Crippen LogP contribution in [0.2, 0.25) is 0 Å². The third-order valence-corrected chi connectivity index (χ3v) is 3.64. The molecular formula is C13H21N5O3. The van der Waals surface area contributed by atoms with E-state index in [2.05, 4.69) is 17.3 Å². The van der Waals surface area contributed by atoms with Gasteiger partial charge in [-0.2, -0.15) is 0 Å². The zero-order valence-electron chi connectivity index (χ0n) is 12.5. The first-order valence-corrected chi connectivity index (χ1v) is 7.11. The fourth-order valence-corrected chi connectivity index (χ4v) is 2.41. The van der Waals surface area contributed by atoms with E-state index in [1.54, 1.807) is 12.2 Å². The predicted octanol–water partition coefficient (Wildman–Crippen LogP) is 2.01. The number of aromatic nitrogens is 2. The van der Waals surface area contributed by atoms with Gasteiger partial charge in [0.25, 0.3) is 0 Å². The fraction of sp³-hybridized carbons (Fsp3) is 0.615. The molecule has 0 saturated carbocycles. The molecule has 1 amide bonds. The lowest BCUT2D eigenvalue weighted by atomic mass is 10.1. The van der Waals surface area contributed by atoms with Crippen molar-refractivity contribution in [3.63, 3.8) is 0 Å². The largest absolute Gasteiger partial charge is 0.476 e. The van der Waals surface area contributed by atoms with E-state index in [1.165, 1.54) is 15.9 Å². The van der Waals surface area contributed by atoms with Gasteiger partial charge in [-0.15, -0.1) is 5.12 Å². The van der Waals surface area contributed by atoms with Crippen molar-refractivity contribution < 1.29 is 14.7 Å². The quantitative estimate of drug-likeness (QED) is 0.780. The number of nitrogens with one attached hydrogen (secondary N) is 1. The Morgan fingerprint density at radius 1 is 1.48 bits per heavy atom. The van der Waals surface area contributed by atoms with Gasteiger partial charge in [-0.1, -0.05) is 26.2 Å². The topological polar surface area (TPSA) is 90.7 Å². The SMILES string of the molecule is CCCCCC(C)N1Nc2c(C(=O)O)ncn2C(=O)N1C. The molecule has 116 valence electrons. The van der Waals surface area contributed by atoms with Gasteiger partial charge in [-0.25, -0.2) is 24.1 Å². The molecule has 0 radical (unpaired) electrons. The molecule has 1 aliphatic rings. The normalized spacial score (nSPS) is 16.5. The standard InChI is InChI=1S/C13H21N5O3/c1-4-5-6-7-9(2)18-15-11-10(12(19)20)14-8-17(11)13(21)16(18)3/h8-9,15H,4-7H2,1-3H3,(H,19,20). The molecular weight excluding hydrogens is 274 g/mol. The third kappa shape index (κ3) is 2.85. The van der Waals surface area contributed by atoms with Crippen LogP contribution in [0.5, 0.6) is 0 Å². The molecule has 1 atom stereocenters. The van der Waals surface area contributed by atoms with Crippen LogP contribution in [0.25, 0.3) is 0 Å². The zero-order valence-corrected chi connectivity index (χ0v) is 12.5. The Morgan fingerprint density at radius 2 is 2.19 bits per heavy atom. The number of rotatable bonds is 6. The molecule has 0 saturated heterocycles. The molecule has 1 aliphatic heterocycles. The van der Waals surface area contributed by atoms with E-state index >= 15 is 0 Å². The van der Waals surface area contributed by atoms with E-state index in [0.29, 0.717) is 0 Å². The molecule has 2 heterocycles. The van der Waals surface area contributed by atoms with Crippen LogP contribution in [0.1, 0.15) is 50.0 Å². The Labute approximate surface area is 123 Å². The first kappa shape index (κ1) is 15.3. The third-order valence-electron chi connectivity index (χ3n) is 3.64. The van der Waals surface area contributed by atoms with Gasteiger partial charge in [0.2, 0.25) is 0 Å². The van der Waals surface area contributed by atoms with Crippen LogP contribution < -0.4 is 5.43 Å². The molecule has 8 heteroatoms. The number of fused-ring (bicyclic) bond motifs is 1.